The van der Waals surface area contributed by atoms with Gasteiger partial charge in [-0.1, -0.05) is 6.92 Å². The van der Waals surface area contributed by atoms with E-state index in [2.05, 4.69) is 10.0 Å². The first kappa shape index (κ1) is 16.1. The molecular weight excluding hydrogens is 268 g/mol. The molecule has 0 atom stereocenters. The minimum atomic E-state index is -0.774. The number of rotatable bonds is 3. The number of aliphatic hydroxyl groups is 1. The Kier molecular flexibility index (Phi) is 5.09. The molecule has 1 rings (SSSR count). The summed E-state index contributed by atoms with van der Waals surface area (Å²) in [6.07, 6.45) is 1.25. The molecule has 1 aliphatic carbocycles. The monoisotopic (exact) mass is 290 g/mol. The zero-order chi connectivity index (χ0) is 14.7. The van der Waals surface area contributed by atoms with Crippen LogP contribution in [0.25, 0.3) is 0 Å². The van der Waals surface area contributed by atoms with Gasteiger partial charge in [0.05, 0.1) is 5.60 Å². The number of amides is 3. The van der Waals surface area contributed by atoms with Gasteiger partial charge in [0.15, 0.2) is 0 Å². The van der Waals surface area contributed by atoms with Crippen molar-refractivity contribution in [2.24, 2.45) is 0 Å². The lowest BCUT2D eigenvalue weighted by Crippen LogP contribution is -2.47. The van der Waals surface area contributed by atoms with Crippen molar-refractivity contribution in [1.29, 1.82) is 0 Å². The minimum Gasteiger partial charge on any atom is -0.443 e. The predicted molar refractivity (Wildman–Crippen MR) is 73.8 cm³/mol. The van der Waals surface area contributed by atoms with Crippen molar-refractivity contribution in [2.45, 2.75) is 63.4 Å². The summed E-state index contributed by atoms with van der Waals surface area (Å²) in [5.41, 5.74) is -1.22. The van der Waals surface area contributed by atoms with Crippen molar-refractivity contribution in [1.82, 2.24) is 10.0 Å². The lowest BCUT2D eigenvalue weighted by Gasteiger charge is -2.42. The largest absolute Gasteiger partial charge is 0.443 e. The number of ether oxygens (including phenoxy) is 1. The van der Waals surface area contributed by atoms with Crippen molar-refractivity contribution in [2.75, 3.05) is 0 Å². The lowest BCUT2D eigenvalue weighted by atomic mass is 9.78. The predicted octanol–water partition coefficient (Wildman–Crippen LogP) is 2.17. The molecule has 0 spiro atoms. The van der Waals surface area contributed by atoms with Gasteiger partial charge in [0, 0.05) is 5.25 Å². The first-order valence-corrected chi connectivity index (χ1v) is 7.19. The highest BCUT2D eigenvalue weighted by Gasteiger charge is 2.41. The van der Waals surface area contributed by atoms with Gasteiger partial charge in [-0.15, -0.1) is 0 Å². The van der Waals surface area contributed by atoms with Gasteiger partial charge >= 0.3 is 12.1 Å². The number of imide groups is 1. The maximum Gasteiger partial charge on any atom is 0.415 e. The van der Waals surface area contributed by atoms with Crippen LogP contribution >= 0.6 is 11.9 Å². The highest BCUT2D eigenvalue weighted by atomic mass is 32.2. The van der Waals surface area contributed by atoms with Crippen molar-refractivity contribution in [3.8, 4) is 0 Å². The minimum absolute atomic E-state index is 0.189. The number of carbonyl (C=O) groups excluding carboxylic acids is 2. The summed E-state index contributed by atoms with van der Waals surface area (Å²) < 4.78 is 7.46. The van der Waals surface area contributed by atoms with Gasteiger partial charge in [0.2, 0.25) is 0 Å². The van der Waals surface area contributed by atoms with Gasteiger partial charge in [-0.3, -0.25) is 4.72 Å². The van der Waals surface area contributed by atoms with E-state index in [0.717, 1.165) is 0 Å². The number of carbonyl (C=O) groups is 2. The van der Waals surface area contributed by atoms with E-state index in [0.29, 0.717) is 19.3 Å². The SMILES string of the molecule is CCC1(O)CC(SNC(=O)NC(=O)OC(C)(C)C)C1. The highest BCUT2D eigenvalue weighted by Crippen LogP contribution is 2.41. The second-order valence-electron chi connectivity index (χ2n) is 5.78. The molecule has 6 nitrogen and oxygen atoms in total. The Balaban J connectivity index is 2.18. The summed E-state index contributed by atoms with van der Waals surface area (Å²) in [5, 5.41) is 12.1. The molecule has 110 valence electrons. The number of alkyl carbamates (subject to hydrolysis) is 1. The summed E-state index contributed by atoms with van der Waals surface area (Å²) in [7, 11) is 0. The molecule has 0 aromatic rings. The number of hydrogen-bond acceptors (Lipinski definition) is 5. The molecule has 0 heterocycles. The van der Waals surface area contributed by atoms with Crippen LogP contribution in [0.3, 0.4) is 0 Å². The van der Waals surface area contributed by atoms with Gasteiger partial charge in [0.25, 0.3) is 0 Å². The highest BCUT2D eigenvalue weighted by molar-refractivity contribution is 7.98. The molecule has 0 saturated heterocycles. The van der Waals surface area contributed by atoms with Crippen LogP contribution in [0.15, 0.2) is 0 Å². The molecule has 0 radical (unpaired) electrons. The fraction of sp³-hybridized carbons (Fsp3) is 0.833. The molecule has 0 aromatic heterocycles. The van der Waals surface area contributed by atoms with Crippen LogP contribution in [-0.2, 0) is 4.74 Å². The molecule has 0 aliphatic heterocycles. The average Bonchev–Trinajstić information content (AvgIpc) is 2.19. The van der Waals surface area contributed by atoms with Crippen LogP contribution in [0.4, 0.5) is 9.59 Å². The smallest absolute Gasteiger partial charge is 0.415 e. The average molecular weight is 290 g/mol. The van der Waals surface area contributed by atoms with Crippen molar-refractivity contribution in [3.05, 3.63) is 0 Å². The van der Waals surface area contributed by atoms with Crippen molar-refractivity contribution < 1.29 is 19.4 Å². The zero-order valence-electron chi connectivity index (χ0n) is 11.8. The third-order valence-corrected chi connectivity index (χ3v) is 3.78. The fourth-order valence-corrected chi connectivity index (χ4v) is 2.83. The van der Waals surface area contributed by atoms with E-state index in [9.17, 15) is 14.7 Å². The molecule has 3 N–H and O–H groups in total. The number of hydrogen-bond donors (Lipinski definition) is 3. The van der Waals surface area contributed by atoms with Gasteiger partial charge in [-0.25, -0.2) is 14.9 Å². The summed E-state index contributed by atoms with van der Waals surface area (Å²) in [6, 6.07) is -0.605. The zero-order valence-corrected chi connectivity index (χ0v) is 12.6. The molecule has 7 heteroatoms. The molecule has 1 fully saturated rings. The van der Waals surface area contributed by atoms with E-state index in [1.165, 1.54) is 11.9 Å². The number of nitrogens with one attached hydrogen (secondary N) is 2. The van der Waals surface area contributed by atoms with Crippen molar-refractivity contribution >= 4 is 24.1 Å². The fourth-order valence-electron chi connectivity index (χ4n) is 1.72. The van der Waals surface area contributed by atoms with E-state index in [-0.39, 0.29) is 5.25 Å². The molecule has 0 bridgehead atoms. The Morgan fingerprint density at radius 3 is 2.47 bits per heavy atom. The van der Waals surface area contributed by atoms with Gasteiger partial charge in [-0.05, 0) is 52.0 Å². The van der Waals surface area contributed by atoms with E-state index in [1.54, 1.807) is 20.8 Å². The quantitative estimate of drug-likeness (QED) is 0.693. The van der Waals surface area contributed by atoms with Gasteiger partial charge in [-0.2, -0.15) is 0 Å². The first-order chi connectivity index (χ1) is 8.63. The third-order valence-electron chi connectivity index (χ3n) is 2.81. The van der Waals surface area contributed by atoms with Crippen LogP contribution in [-0.4, -0.2) is 33.7 Å². The summed E-state index contributed by atoms with van der Waals surface area (Å²) in [6.45, 7) is 7.10. The maximum absolute atomic E-state index is 11.4. The Morgan fingerprint density at radius 2 is 2.00 bits per heavy atom. The maximum atomic E-state index is 11.4. The molecule has 0 unspecified atom stereocenters. The summed E-state index contributed by atoms with van der Waals surface area (Å²) in [4.78, 5) is 22.7. The first-order valence-electron chi connectivity index (χ1n) is 6.31. The Bertz CT molecular complexity index is 348. The Labute approximate surface area is 117 Å². The topological polar surface area (TPSA) is 87.7 Å². The van der Waals surface area contributed by atoms with Crippen LogP contribution in [0.1, 0.15) is 47.0 Å². The normalized spacial score (nSPS) is 26.3. The third kappa shape index (κ3) is 5.69. The summed E-state index contributed by atoms with van der Waals surface area (Å²) in [5.74, 6) is 0. The molecule has 1 saturated carbocycles. The van der Waals surface area contributed by atoms with Crippen LogP contribution < -0.4 is 10.0 Å². The van der Waals surface area contributed by atoms with E-state index in [4.69, 9.17) is 4.74 Å². The molecular formula is C12H22N2O4S. The second kappa shape index (κ2) is 6.00. The van der Waals surface area contributed by atoms with Crippen LogP contribution in [0.5, 0.6) is 0 Å². The van der Waals surface area contributed by atoms with Gasteiger partial charge in [0.1, 0.15) is 5.60 Å². The van der Waals surface area contributed by atoms with E-state index < -0.39 is 23.3 Å². The lowest BCUT2D eigenvalue weighted by molar-refractivity contribution is -0.0310. The van der Waals surface area contributed by atoms with Gasteiger partial charge < -0.3 is 9.84 Å². The van der Waals surface area contributed by atoms with E-state index >= 15 is 0 Å². The summed E-state index contributed by atoms with van der Waals surface area (Å²) >= 11 is 1.22. The molecule has 1 aliphatic rings. The van der Waals surface area contributed by atoms with Crippen molar-refractivity contribution in [3.63, 3.8) is 0 Å². The molecule has 3 amide bonds. The molecule has 0 aromatic carbocycles. The Morgan fingerprint density at radius 1 is 1.42 bits per heavy atom. The van der Waals surface area contributed by atoms with Crippen LogP contribution in [0, 0.1) is 0 Å². The van der Waals surface area contributed by atoms with Crippen LogP contribution in [0.2, 0.25) is 0 Å². The number of urea groups is 1. The van der Waals surface area contributed by atoms with E-state index in [1.807, 2.05) is 6.92 Å². The second-order valence-corrected chi connectivity index (χ2v) is 6.89. The Hall–Kier alpha value is -0.950. The molecule has 19 heavy (non-hydrogen) atoms. The standard InChI is InChI=1S/C12H22N2O4S/c1-5-12(17)6-8(7-12)19-14-9(15)13-10(16)18-11(2,3)4/h8,17H,5-7H2,1-4H3,(H2,13,14,15,16).